The first-order valence-electron chi connectivity index (χ1n) is 7.80. The fraction of sp³-hybridized carbons (Fsp3) is 0.529. The highest BCUT2D eigenvalue weighted by Gasteiger charge is 2.21. The highest BCUT2D eigenvalue weighted by molar-refractivity contribution is 5.29. The molecular weight excluding hydrogens is 262 g/mol. The van der Waals surface area contributed by atoms with Crippen LogP contribution in [0.5, 0.6) is 0 Å². The lowest BCUT2D eigenvalue weighted by atomic mass is 9.82. The van der Waals surface area contributed by atoms with E-state index in [-0.39, 0.29) is 0 Å². The Morgan fingerprint density at radius 3 is 2.95 bits per heavy atom. The van der Waals surface area contributed by atoms with Crippen LogP contribution in [0, 0.1) is 5.92 Å². The van der Waals surface area contributed by atoms with Crippen molar-refractivity contribution in [2.45, 2.75) is 45.1 Å². The van der Waals surface area contributed by atoms with Crippen LogP contribution in [0.1, 0.15) is 36.2 Å². The van der Waals surface area contributed by atoms with Gasteiger partial charge in [0.25, 0.3) is 0 Å². The maximum absolute atomic E-state index is 5.41. The Labute approximate surface area is 126 Å². The summed E-state index contributed by atoms with van der Waals surface area (Å²) in [7, 11) is 1.95. The fourth-order valence-electron chi connectivity index (χ4n) is 3.03. The maximum atomic E-state index is 5.41. The van der Waals surface area contributed by atoms with Gasteiger partial charge in [0.1, 0.15) is 0 Å². The van der Waals surface area contributed by atoms with E-state index in [9.17, 15) is 0 Å². The number of nitrogens with zero attached hydrogens (tertiary/aromatic N) is 2. The fourth-order valence-corrected chi connectivity index (χ4v) is 3.03. The average molecular weight is 285 g/mol. The molecule has 0 aliphatic heterocycles. The summed E-state index contributed by atoms with van der Waals surface area (Å²) in [6.07, 6.45) is 5.21. The summed E-state index contributed by atoms with van der Waals surface area (Å²) < 4.78 is 5.41. The lowest BCUT2D eigenvalue weighted by Gasteiger charge is -2.23. The van der Waals surface area contributed by atoms with Crippen LogP contribution >= 0.6 is 0 Å². The van der Waals surface area contributed by atoms with Crippen molar-refractivity contribution in [3.63, 3.8) is 0 Å². The van der Waals surface area contributed by atoms with E-state index in [0.717, 1.165) is 31.0 Å². The number of nitrogens with one attached hydrogen (secondary N) is 1. The zero-order valence-electron chi connectivity index (χ0n) is 12.8. The zero-order valence-corrected chi connectivity index (χ0v) is 12.8. The molecular formula is C17H23N3O. The van der Waals surface area contributed by atoms with Crippen molar-refractivity contribution in [1.29, 1.82) is 0 Å². The summed E-state index contributed by atoms with van der Waals surface area (Å²) in [4.78, 5) is 4.53. The summed E-state index contributed by atoms with van der Waals surface area (Å²) in [6, 6.07) is 9.12. The minimum absolute atomic E-state index is 0.372. The second-order valence-corrected chi connectivity index (χ2v) is 6.08. The van der Waals surface area contributed by atoms with Gasteiger partial charge in [-0.2, -0.15) is 4.98 Å². The predicted molar refractivity (Wildman–Crippen MR) is 82.2 cm³/mol. The Bertz CT molecular complexity index is 593. The van der Waals surface area contributed by atoms with E-state index in [1.165, 1.54) is 24.0 Å². The number of aromatic nitrogens is 2. The molecule has 1 aliphatic rings. The van der Waals surface area contributed by atoms with Crippen LogP contribution in [-0.2, 0) is 25.7 Å². The number of benzene rings is 1. The molecule has 2 aromatic rings. The van der Waals surface area contributed by atoms with Gasteiger partial charge in [-0.1, -0.05) is 29.4 Å². The standard InChI is InChI=1S/C17H23N3O/c1-12(18-2)9-16-19-17(21-20-16)11-13-7-8-14-5-3-4-6-15(14)10-13/h3-6,12-13,18H,7-11H2,1-2H3. The molecule has 0 saturated carbocycles. The minimum atomic E-state index is 0.372. The molecule has 21 heavy (non-hydrogen) atoms. The topological polar surface area (TPSA) is 51.0 Å². The van der Waals surface area contributed by atoms with E-state index in [2.05, 4.69) is 46.6 Å². The predicted octanol–water partition coefficient (Wildman–Crippen LogP) is 2.57. The Morgan fingerprint density at radius 2 is 2.14 bits per heavy atom. The molecule has 0 spiro atoms. The van der Waals surface area contributed by atoms with Gasteiger partial charge >= 0.3 is 0 Å². The second kappa shape index (κ2) is 6.39. The SMILES string of the molecule is CNC(C)Cc1noc(CC2CCc3ccccc3C2)n1. The molecule has 1 heterocycles. The Hall–Kier alpha value is -1.68. The lowest BCUT2D eigenvalue weighted by Crippen LogP contribution is -2.24. The van der Waals surface area contributed by atoms with Gasteiger partial charge in [0.15, 0.2) is 5.82 Å². The van der Waals surface area contributed by atoms with E-state index in [1.807, 2.05) is 7.05 Å². The molecule has 4 heteroatoms. The van der Waals surface area contributed by atoms with Crippen molar-refractivity contribution in [1.82, 2.24) is 15.5 Å². The first kappa shape index (κ1) is 14.3. The van der Waals surface area contributed by atoms with Gasteiger partial charge in [-0.3, -0.25) is 0 Å². The van der Waals surface area contributed by atoms with Gasteiger partial charge in [-0.05, 0) is 50.3 Å². The molecule has 1 aliphatic carbocycles. The molecule has 1 N–H and O–H groups in total. The molecule has 2 atom stereocenters. The van der Waals surface area contributed by atoms with Gasteiger partial charge in [0.2, 0.25) is 5.89 Å². The van der Waals surface area contributed by atoms with E-state index < -0.39 is 0 Å². The first-order chi connectivity index (χ1) is 10.2. The molecule has 2 unspecified atom stereocenters. The van der Waals surface area contributed by atoms with Gasteiger partial charge in [-0.25, -0.2) is 0 Å². The number of fused-ring (bicyclic) bond motifs is 1. The zero-order chi connectivity index (χ0) is 14.7. The molecule has 0 bridgehead atoms. The largest absolute Gasteiger partial charge is 0.339 e. The van der Waals surface area contributed by atoms with Crippen LogP contribution in [0.25, 0.3) is 0 Å². The average Bonchev–Trinajstić information content (AvgIpc) is 2.94. The molecule has 1 aromatic carbocycles. The highest BCUT2D eigenvalue weighted by Crippen LogP contribution is 2.27. The normalized spacial score (nSPS) is 19.2. The number of hydrogen-bond acceptors (Lipinski definition) is 4. The highest BCUT2D eigenvalue weighted by atomic mass is 16.5. The molecule has 4 nitrogen and oxygen atoms in total. The van der Waals surface area contributed by atoms with E-state index in [1.54, 1.807) is 0 Å². The third-order valence-corrected chi connectivity index (χ3v) is 4.40. The Balaban J connectivity index is 1.60. The van der Waals surface area contributed by atoms with Crippen molar-refractivity contribution in [3.05, 3.63) is 47.1 Å². The van der Waals surface area contributed by atoms with Crippen LogP contribution in [0.2, 0.25) is 0 Å². The summed E-state index contributed by atoms with van der Waals surface area (Å²) in [6.45, 7) is 2.12. The summed E-state index contributed by atoms with van der Waals surface area (Å²) >= 11 is 0. The van der Waals surface area contributed by atoms with Crippen molar-refractivity contribution in [3.8, 4) is 0 Å². The summed E-state index contributed by atoms with van der Waals surface area (Å²) in [5.74, 6) is 2.22. The van der Waals surface area contributed by atoms with E-state index >= 15 is 0 Å². The third kappa shape index (κ3) is 3.50. The number of rotatable bonds is 5. The number of likely N-dealkylation sites (N-methyl/N-ethyl adjacent to an activating group) is 1. The molecule has 1 aromatic heterocycles. The van der Waals surface area contributed by atoms with Crippen LogP contribution in [0.15, 0.2) is 28.8 Å². The minimum Gasteiger partial charge on any atom is -0.339 e. The van der Waals surface area contributed by atoms with Gasteiger partial charge in [0, 0.05) is 18.9 Å². The molecule has 0 saturated heterocycles. The van der Waals surface area contributed by atoms with Crippen molar-refractivity contribution in [2.24, 2.45) is 5.92 Å². The number of aryl methyl sites for hydroxylation is 1. The van der Waals surface area contributed by atoms with Gasteiger partial charge in [0.05, 0.1) is 0 Å². The first-order valence-corrected chi connectivity index (χ1v) is 7.80. The van der Waals surface area contributed by atoms with E-state index in [0.29, 0.717) is 12.0 Å². The van der Waals surface area contributed by atoms with Crippen molar-refractivity contribution >= 4 is 0 Å². The summed E-state index contributed by atoms with van der Waals surface area (Å²) in [5.41, 5.74) is 2.99. The van der Waals surface area contributed by atoms with Crippen LogP contribution in [-0.4, -0.2) is 23.2 Å². The van der Waals surface area contributed by atoms with Gasteiger partial charge in [-0.15, -0.1) is 0 Å². The number of hydrogen-bond donors (Lipinski definition) is 1. The second-order valence-electron chi connectivity index (χ2n) is 6.08. The quantitative estimate of drug-likeness (QED) is 0.917. The van der Waals surface area contributed by atoms with Crippen molar-refractivity contribution < 1.29 is 4.52 Å². The third-order valence-electron chi connectivity index (χ3n) is 4.40. The molecule has 0 amide bonds. The van der Waals surface area contributed by atoms with Crippen LogP contribution in [0.4, 0.5) is 0 Å². The van der Waals surface area contributed by atoms with Crippen molar-refractivity contribution in [2.75, 3.05) is 7.05 Å². The molecule has 112 valence electrons. The summed E-state index contributed by atoms with van der Waals surface area (Å²) in [5, 5.41) is 7.28. The lowest BCUT2D eigenvalue weighted by molar-refractivity contribution is 0.335. The molecule has 3 rings (SSSR count). The Kier molecular flexibility index (Phi) is 4.34. The Morgan fingerprint density at radius 1 is 1.33 bits per heavy atom. The maximum Gasteiger partial charge on any atom is 0.226 e. The van der Waals surface area contributed by atoms with E-state index in [4.69, 9.17) is 4.52 Å². The molecule has 0 radical (unpaired) electrons. The van der Waals surface area contributed by atoms with Gasteiger partial charge < -0.3 is 9.84 Å². The monoisotopic (exact) mass is 285 g/mol. The van der Waals surface area contributed by atoms with Crippen LogP contribution < -0.4 is 5.32 Å². The smallest absolute Gasteiger partial charge is 0.226 e. The molecule has 0 fully saturated rings. The van der Waals surface area contributed by atoms with Crippen LogP contribution in [0.3, 0.4) is 0 Å².